The van der Waals surface area contributed by atoms with E-state index in [0.717, 1.165) is 6.42 Å². The molecule has 3 nitrogen and oxygen atoms in total. The molecule has 0 aliphatic heterocycles. The van der Waals surface area contributed by atoms with Gasteiger partial charge in [0.1, 0.15) is 5.69 Å². The summed E-state index contributed by atoms with van der Waals surface area (Å²) in [4.78, 5) is 11.8. The lowest BCUT2D eigenvalue weighted by molar-refractivity contribution is 0.103. The molecule has 15 heavy (non-hydrogen) atoms. The van der Waals surface area contributed by atoms with E-state index in [-0.39, 0.29) is 5.78 Å². The molecule has 0 atom stereocenters. The molecule has 0 aliphatic rings. The van der Waals surface area contributed by atoms with Crippen LogP contribution >= 0.6 is 11.5 Å². The zero-order valence-corrected chi connectivity index (χ0v) is 9.12. The molecule has 0 bridgehead atoms. The van der Waals surface area contributed by atoms with Gasteiger partial charge in [0.2, 0.25) is 5.78 Å². The van der Waals surface area contributed by atoms with E-state index < -0.39 is 0 Å². The van der Waals surface area contributed by atoms with E-state index in [4.69, 9.17) is 0 Å². The Balaban J connectivity index is 2.27. The molecule has 1 aromatic heterocycles. The first-order chi connectivity index (χ1) is 7.31. The average molecular weight is 218 g/mol. The normalized spacial score (nSPS) is 10.2. The van der Waals surface area contributed by atoms with E-state index in [9.17, 15) is 4.79 Å². The number of nitrogens with zero attached hydrogens (tertiary/aromatic N) is 2. The van der Waals surface area contributed by atoms with Crippen LogP contribution in [-0.2, 0) is 6.42 Å². The molecule has 0 radical (unpaired) electrons. The Labute approximate surface area is 91.9 Å². The number of rotatable bonds is 3. The fourth-order valence-corrected chi connectivity index (χ4v) is 1.74. The fourth-order valence-electron chi connectivity index (χ4n) is 1.30. The molecule has 2 aromatic rings. The lowest BCUT2D eigenvalue weighted by Gasteiger charge is -1.99. The van der Waals surface area contributed by atoms with Gasteiger partial charge in [-0.05, 0) is 23.5 Å². The van der Waals surface area contributed by atoms with Crippen molar-refractivity contribution in [2.24, 2.45) is 0 Å². The number of ketones is 1. The third kappa shape index (κ3) is 2.10. The summed E-state index contributed by atoms with van der Waals surface area (Å²) in [5.41, 5.74) is 2.31. The molecule has 76 valence electrons. The van der Waals surface area contributed by atoms with Crippen LogP contribution in [0.25, 0.3) is 0 Å². The van der Waals surface area contributed by atoms with Gasteiger partial charge in [-0.25, -0.2) is 0 Å². The maximum Gasteiger partial charge on any atom is 0.214 e. The van der Waals surface area contributed by atoms with Crippen LogP contribution in [0.15, 0.2) is 29.6 Å². The molecule has 0 spiro atoms. The third-order valence-electron chi connectivity index (χ3n) is 2.22. The molecule has 1 aromatic carbocycles. The predicted octanol–water partition coefficient (Wildman–Crippen LogP) is 2.33. The van der Waals surface area contributed by atoms with Gasteiger partial charge in [0.25, 0.3) is 0 Å². The van der Waals surface area contributed by atoms with Crippen molar-refractivity contribution in [3.8, 4) is 0 Å². The fraction of sp³-hybridized carbons (Fsp3) is 0.182. The SMILES string of the molecule is CCc1ccc(C(=O)c2csnn2)cc1. The van der Waals surface area contributed by atoms with Crippen molar-refractivity contribution in [2.45, 2.75) is 13.3 Å². The number of hydrogen-bond donors (Lipinski definition) is 0. The minimum absolute atomic E-state index is 0.0635. The average Bonchev–Trinajstić information content (AvgIpc) is 2.82. The van der Waals surface area contributed by atoms with Gasteiger partial charge in [-0.15, -0.1) is 5.10 Å². The molecule has 0 saturated heterocycles. The van der Waals surface area contributed by atoms with Crippen LogP contribution in [0.4, 0.5) is 0 Å². The Bertz CT molecular complexity index is 448. The first-order valence-corrected chi connectivity index (χ1v) is 5.55. The molecule has 4 heteroatoms. The smallest absolute Gasteiger partial charge is 0.214 e. The van der Waals surface area contributed by atoms with E-state index in [0.29, 0.717) is 11.3 Å². The quantitative estimate of drug-likeness (QED) is 0.742. The number of carbonyl (C=O) groups excluding carboxylic acids is 1. The molecule has 0 unspecified atom stereocenters. The monoisotopic (exact) mass is 218 g/mol. The highest BCUT2D eigenvalue weighted by Crippen LogP contribution is 2.10. The lowest BCUT2D eigenvalue weighted by atomic mass is 10.1. The van der Waals surface area contributed by atoms with E-state index >= 15 is 0 Å². The van der Waals surface area contributed by atoms with Crippen molar-refractivity contribution < 1.29 is 4.79 Å². The molecule has 0 N–H and O–H groups in total. The minimum Gasteiger partial charge on any atom is -0.287 e. The Morgan fingerprint density at radius 1 is 1.33 bits per heavy atom. The molecule has 2 rings (SSSR count). The molecule has 0 aliphatic carbocycles. The lowest BCUT2D eigenvalue weighted by Crippen LogP contribution is -2.01. The second-order valence-corrected chi connectivity index (χ2v) is 3.78. The standard InChI is InChI=1S/C11H10N2OS/c1-2-8-3-5-9(6-4-8)11(14)10-7-15-13-12-10/h3-7H,2H2,1H3. The summed E-state index contributed by atoms with van der Waals surface area (Å²) in [5.74, 6) is -0.0635. The van der Waals surface area contributed by atoms with Gasteiger partial charge in [-0.3, -0.25) is 4.79 Å². The van der Waals surface area contributed by atoms with Crippen LogP contribution in [0.5, 0.6) is 0 Å². The minimum atomic E-state index is -0.0635. The maximum absolute atomic E-state index is 11.8. The highest BCUT2D eigenvalue weighted by atomic mass is 32.1. The molecule has 0 amide bonds. The van der Waals surface area contributed by atoms with E-state index in [1.54, 1.807) is 5.38 Å². The zero-order chi connectivity index (χ0) is 10.7. The summed E-state index contributed by atoms with van der Waals surface area (Å²) >= 11 is 1.19. The largest absolute Gasteiger partial charge is 0.287 e. The molecule has 1 heterocycles. The summed E-state index contributed by atoms with van der Waals surface area (Å²) in [6.07, 6.45) is 0.979. The Morgan fingerprint density at radius 2 is 2.07 bits per heavy atom. The van der Waals surface area contributed by atoms with Crippen molar-refractivity contribution in [1.82, 2.24) is 9.59 Å². The highest BCUT2D eigenvalue weighted by molar-refractivity contribution is 7.03. The Hall–Kier alpha value is -1.55. The van der Waals surface area contributed by atoms with Crippen molar-refractivity contribution in [1.29, 1.82) is 0 Å². The van der Waals surface area contributed by atoms with E-state index in [2.05, 4.69) is 16.5 Å². The Morgan fingerprint density at radius 3 is 2.60 bits per heavy atom. The van der Waals surface area contributed by atoms with Crippen molar-refractivity contribution in [3.63, 3.8) is 0 Å². The third-order valence-corrected chi connectivity index (χ3v) is 2.72. The summed E-state index contributed by atoms with van der Waals surface area (Å²) in [5, 5.41) is 5.42. The van der Waals surface area contributed by atoms with Gasteiger partial charge in [-0.2, -0.15) is 0 Å². The van der Waals surface area contributed by atoms with Crippen molar-refractivity contribution >= 4 is 17.3 Å². The van der Waals surface area contributed by atoms with Gasteiger partial charge >= 0.3 is 0 Å². The summed E-state index contributed by atoms with van der Waals surface area (Å²) in [6, 6.07) is 7.60. The maximum atomic E-state index is 11.8. The van der Waals surface area contributed by atoms with Crippen LogP contribution < -0.4 is 0 Å². The van der Waals surface area contributed by atoms with Crippen molar-refractivity contribution in [2.75, 3.05) is 0 Å². The predicted molar refractivity (Wildman–Crippen MR) is 59.2 cm³/mol. The zero-order valence-electron chi connectivity index (χ0n) is 8.30. The van der Waals surface area contributed by atoms with E-state index in [1.165, 1.54) is 17.1 Å². The molecular formula is C11H10N2OS. The first kappa shape index (κ1) is 9.98. The van der Waals surface area contributed by atoms with Crippen LogP contribution in [0.2, 0.25) is 0 Å². The Kier molecular flexibility index (Phi) is 2.87. The number of carbonyl (C=O) groups is 1. The number of aromatic nitrogens is 2. The summed E-state index contributed by atoms with van der Waals surface area (Å²) < 4.78 is 3.67. The first-order valence-electron chi connectivity index (χ1n) is 4.72. The summed E-state index contributed by atoms with van der Waals surface area (Å²) in [6.45, 7) is 2.08. The summed E-state index contributed by atoms with van der Waals surface area (Å²) in [7, 11) is 0. The van der Waals surface area contributed by atoms with Gasteiger partial charge in [0.15, 0.2) is 0 Å². The highest BCUT2D eigenvalue weighted by Gasteiger charge is 2.11. The second-order valence-electron chi connectivity index (χ2n) is 3.17. The van der Waals surface area contributed by atoms with Crippen LogP contribution in [0.1, 0.15) is 28.5 Å². The van der Waals surface area contributed by atoms with Crippen molar-refractivity contribution in [3.05, 3.63) is 46.5 Å². The van der Waals surface area contributed by atoms with Gasteiger partial charge in [-0.1, -0.05) is 35.7 Å². The topological polar surface area (TPSA) is 42.9 Å². The van der Waals surface area contributed by atoms with E-state index in [1.807, 2.05) is 24.3 Å². The van der Waals surface area contributed by atoms with Crippen LogP contribution in [0.3, 0.4) is 0 Å². The number of hydrogen-bond acceptors (Lipinski definition) is 4. The molecule has 0 fully saturated rings. The molecular weight excluding hydrogens is 208 g/mol. The van der Waals surface area contributed by atoms with Gasteiger partial charge in [0, 0.05) is 10.9 Å². The number of benzene rings is 1. The number of aryl methyl sites for hydroxylation is 1. The van der Waals surface area contributed by atoms with Gasteiger partial charge < -0.3 is 0 Å². The molecule has 0 saturated carbocycles. The van der Waals surface area contributed by atoms with Crippen LogP contribution in [0, 0.1) is 0 Å². The van der Waals surface area contributed by atoms with Crippen LogP contribution in [-0.4, -0.2) is 15.4 Å². The second kappa shape index (κ2) is 4.31. The van der Waals surface area contributed by atoms with Gasteiger partial charge in [0.05, 0.1) is 0 Å².